The fourth-order valence-electron chi connectivity index (χ4n) is 2.20. The topological polar surface area (TPSA) is 113 Å². The quantitative estimate of drug-likeness (QED) is 0.591. The maximum Gasteiger partial charge on any atom is 0.252 e. The molecule has 0 aliphatic carbocycles. The van der Waals surface area contributed by atoms with Crippen LogP contribution in [0.1, 0.15) is 13.3 Å². The van der Waals surface area contributed by atoms with Crippen molar-refractivity contribution in [2.75, 3.05) is 29.4 Å². The summed E-state index contributed by atoms with van der Waals surface area (Å²) in [4.78, 5) is 12.2. The van der Waals surface area contributed by atoms with Crippen LogP contribution >= 0.6 is 22.9 Å². The molecular formula is C16H20ClN3O5S3. The lowest BCUT2D eigenvalue weighted by atomic mass is 10.3. The fraction of sp³-hybridized carbons (Fsp3) is 0.312. The number of halogens is 1. The van der Waals surface area contributed by atoms with E-state index in [1.807, 2.05) is 0 Å². The Balaban J connectivity index is 1.97. The molecule has 0 radical (unpaired) electrons. The van der Waals surface area contributed by atoms with Crippen molar-refractivity contribution >= 4 is 60.3 Å². The number of amides is 1. The van der Waals surface area contributed by atoms with Gasteiger partial charge in [-0.3, -0.25) is 9.52 Å². The summed E-state index contributed by atoms with van der Waals surface area (Å²) in [6.45, 7) is 1.38. The van der Waals surface area contributed by atoms with E-state index in [-0.39, 0.29) is 16.5 Å². The Hall–Kier alpha value is -1.66. The first kappa shape index (κ1) is 22.6. The van der Waals surface area contributed by atoms with Crippen molar-refractivity contribution in [3.63, 3.8) is 0 Å². The van der Waals surface area contributed by atoms with E-state index in [1.54, 1.807) is 6.92 Å². The highest BCUT2D eigenvalue weighted by Gasteiger charge is 2.24. The van der Waals surface area contributed by atoms with Gasteiger partial charge in [0.2, 0.25) is 15.9 Å². The Morgan fingerprint density at radius 3 is 2.21 bits per heavy atom. The summed E-state index contributed by atoms with van der Waals surface area (Å²) < 4.78 is 52.0. The molecule has 1 aromatic heterocycles. The van der Waals surface area contributed by atoms with E-state index in [0.29, 0.717) is 22.1 Å². The summed E-state index contributed by atoms with van der Waals surface area (Å²) in [7, 11) is -5.91. The number of rotatable bonds is 9. The van der Waals surface area contributed by atoms with Crippen molar-refractivity contribution < 1.29 is 21.6 Å². The van der Waals surface area contributed by atoms with Gasteiger partial charge in [0.05, 0.1) is 16.6 Å². The third kappa shape index (κ3) is 6.17. The minimum atomic E-state index is -3.81. The lowest BCUT2D eigenvalue weighted by molar-refractivity contribution is -0.116. The van der Waals surface area contributed by atoms with Crippen molar-refractivity contribution in [1.82, 2.24) is 4.31 Å². The lowest BCUT2D eigenvalue weighted by Crippen LogP contribution is -2.34. The van der Waals surface area contributed by atoms with Crippen LogP contribution < -0.4 is 10.0 Å². The van der Waals surface area contributed by atoms with Crippen LogP contribution in [0.15, 0.2) is 40.6 Å². The first-order chi connectivity index (χ1) is 13.0. The fourth-order valence-corrected chi connectivity index (χ4v) is 6.15. The van der Waals surface area contributed by atoms with E-state index >= 15 is 0 Å². The monoisotopic (exact) mass is 465 g/mol. The highest BCUT2D eigenvalue weighted by atomic mass is 35.5. The van der Waals surface area contributed by atoms with E-state index in [2.05, 4.69) is 10.0 Å². The van der Waals surface area contributed by atoms with Crippen molar-refractivity contribution in [2.24, 2.45) is 0 Å². The molecule has 2 N–H and O–H groups in total. The average Bonchev–Trinajstić information content (AvgIpc) is 3.03. The number of carbonyl (C=O) groups excluding carboxylic acids is 1. The highest BCUT2D eigenvalue weighted by Crippen LogP contribution is 2.27. The number of hydrogen-bond donors (Lipinski definition) is 2. The molecule has 2 rings (SSSR count). The predicted molar refractivity (Wildman–Crippen MR) is 112 cm³/mol. The summed E-state index contributed by atoms with van der Waals surface area (Å²) in [6, 6.07) is 8.93. The Kier molecular flexibility index (Phi) is 7.46. The molecule has 1 heterocycles. The standard InChI is InChI=1S/C16H20ClN3O5S3/c1-3-10-27(22,23)19-13-6-4-12(5-7-13)18-15(21)11-20(2)28(24,25)16-9-8-14(17)26-16/h4-9,19H,3,10-11H2,1-2H3,(H,18,21). The summed E-state index contributed by atoms with van der Waals surface area (Å²) >= 11 is 6.68. The number of likely N-dealkylation sites (N-methyl/N-ethyl adjacent to an activating group) is 1. The number of anilines is 2. The van der Waals surface area contributed by atoms with Gasteiger partial charge >= 0.3 is 0 Å². The zero-order valence-corrected chi connectivity index (χ0v) is 18.4. The smallest absolute Gasteiger partial charge is 0.252 e. The van der Waals surface area contributed by atoms with Crippen LogP contribution in [-0.2, 0) is 24.8 Å². The summed E-state index contributed by atoms with van der Waals surface area (Å²) in [5.74, 6) is -0.519. The lowest BCUT2D eigenvalue weighted by Gasteiger charge is -2.16. The molecule has 1 aromatic carbocycles. The number of nitrogens with zero attached hydrogens (tertiary/aromatic N) is 1. The Labute approximate surface area is 173 Å². The third-order valence-electron chi connectivity index (χ3n) is 3.49. The number of thiophene rings is 1. The molecule has 0 bridgehead atoms. The van der Waals surface area contributed by atoms with Gasteiger partial charge < -0.3 is 5.32 Å². The van der Waals surface area contributed by atoms with Crippen LogP contribution in [0.4, 0.5) is 11.4 Å². The van der Waals surface area contributed by atoms with Crippen LogP contribution in [0, 0.1) is 0 Å². The second-order valence-corrected chi connectivity index (χ2v) is 11.7. The maximum atomic E-state index is 12.4. The van der Waals surface area contributed by atoms with Gasteiger partial charge in [0, 0.05) is 18.4 Å². The van der Waals surface area contributed by atoms with Gasteiger partial charge in [-0.15, -0.1) is 11.3 Å². The number of nitrogens with one attached hydrogen (secondary N) is 2. The van der Waals surface area contributed by atoms with Crippen LogP contribution in [0.5, 0.6) is 0 Å². The van der Waals surface area contributed by atoms with E-state index in [1.165, 1.54) is 43.4 Å². The average molecular weight is 466 g/mol. The molecule has 2 aromatic rings. The molecule has 0 aliphatic heterocycles. The number of sulfonamides is 2. The van der Waals surface area contributed by atoms with Crippen molar-refractivity contribution in [3.8, 4) is 0 Å². The zero-order valence-electron chi connectivity index (χ0n) is 15.2. The first-order valence-corrected chi connectivity index (χ1v) is 12.4. The number of hydrogen-bond acceptors (Lipinski definition) is 6. The summed E-state index contributed by atoms with van der Waals surface area (Å²) in [6.07, 6.45) is 0.498. The predicted octanol–water partition coefficient (Wildman–Crippen LogP) is 2.81. The van der Waals surface area contributed by atoms with E-state index in [4.69, 9.17) is 11.6 Å². The first-order valence-electron chi connectivity index (χ1n) is 8.15. The van der Waals surface area contributed by atoms with Gasteiger partial charge in [0.25, 0.3) is 10.0 Å². The van der Waals surface area contributed by atoms with Crippen LogP contribution in [0.3, 0.4) is 0 Å². The molecule has 0 unspecified atom stereocenters. The molecule has 0 saturated heterocycles. The number of benzene rings is 1. The van der Waals surface area contributed by atoms with Gasteiger partial charge in [-0.1, -0.05) is 18.5 Å². The maximum absolute atomic E-state index is 12.4. The molecule has 154 valence electrons. The Morgan fingerprint density at radius 1 is 1.07 bits per heavy atom. The van der Waals surface area contributed by atoms with Crippen molar-refractivity contribution in [3.05, 3.63) is 40.7 Å². The highest BCUT2D eigenvalue weighted by molar-refractivity contribution is 7.92. The molecule has 8 nitrogen and oxygen atoms in total. The number of carbonyl (C=O) groups is 1. The van der Waals surface area contributed by atoms with Gasteiger partial charge in [-0.2, -0.15) is 4.31 Å². The SMILES string of the molecule is CCCS(=O)(=O)Nc1ccc(NC(=O)CN(C)S(=O)(=O)c2ccc(Cl)s2)cc1. The molecule has 0 spiro atoms. The van der Waals surface area contributed by atoms with Crippen LogP contribution in [0.2, 0.25) is 4.34 Å². The molecule has 1 amide bonds. The second-order valence-electron chi connectivity index (χ2n) is 5.87. The van der Waals surface area contributed by atoms with E-state index in [9.17, 15) is 21.6 Å². The molecule has 12 heteroatoms. The zero-order chi connectivity index (χ0) is 20.9. The molecule has 0 atom stereocenters. The second kappa shape index (κ2) is 9.23. The van der Waals surface area contributed by atoms with E-state index in [0.717, 1.165) is 15.6 Å². The third-order valence-corrected chi connectivity index (χ3v) is 8.49. The van der Waals surface area contributed by atoms with Gasteiger partial charge in [-0.05, 0) is 42.8 Å². The van der Waals surface area contributed by atoms with Crippen molar-refractivity contribution in [2.45, 2.75) is 17.6 Å². The Morgan fingerprint density at radius 2 is 1.68 bits per heavy atom. The normalized spacial score (nSPS) is 12.1. The molecule has 0 aliphatic rings. The minimum Gasteiger partial charge on any atom is -0.325 e. The summed E-state index contributed by atoms with van der Waals surface area (Å²) in [5.41, 5.74) is 0.786. The molecule has 28 heavy (non-hydrogen) atoms. The largest absolute Gasteiger partial charge is 0.325 e. The van der Waals surface area contributed by atoms with Crippen LogP contribution in [-0.4, -0.2) is 46.4 Å². The van der Waals surface area contributed by atoms with Gasteiger partial charge in [0.15, 0.2) is 0 Å². The molecule has 0 saturated carbocycles. The minimum absolute atomic E-state index is 0.0156. The Bertz CT molecular complexity index is 1030. The van der Waals surface area contributed by atoms with Gasteiger partial charge in [-0.25, -0.2) is 16.8 Å². The van der Waals surface area contributed by atoms with Gasteiger partial charge in [0.1, 0.15) is 4.21 Å². The molecular weight excluding hydrogens is 446 g/mol. The van der Waals surface area contributed by atoms with Crippen molar-refractivity contribution in [1.29, 1.82) is 0 Å². The van der Waals surface area contributed by atoms with E-state index < -0.39 is 26.0 Å². The molecule has 0 fully saturated rings. The van der Waals surface area contributed by atoms with Crippen LogP contribution in [0.25, 0.3) is 0 Å². The summed E-state index contributed by atoms with van der Waals surface area (Å²) in [5, 5.41) is 2.57.